The summed E-state index contributed by atoms with van der Waals surface area (Å²) in [7, 11) is -2.62. The maximum Gasteiger partial charge on any atom is 0.264 e. The minimum atomic E-state index is -4.12. The van der Waals surface area contributed by atoms with Crippen molar-refractivity contribution in [2.45, 2.75) is 50.7 Å². The van der Waals surface area contributed by atoms with Gasteiger partial charge in [-0.3, -0.25) is 13.9 Å². The fourth-order valence-electron chi connectivity index (χ4n) is 3.83. The quantitative estimate of drug-likeness (QED) is 0.373. The zero-order chi connectivity index (χ0) is 27.7. The van der Waals surface area contributed by atoms with E-state index in [1.54, 1.807) is 49.4 Å². The minimum Gasteiger partial charge on any atom is -0.497 e. The Hall–Kier alpha value is -3.85. The van der Waals surface area contributed by atoms with E-state index >= 15 is 0 Å². The van der Waals surface area contributed by atoms with Gasteiger partial charge < -0.3 is 15.0 Å². The minimum absolute atomic E-state index is 0.0205. The lowest BCUT2D eigenvalue weighted by atomic mass is 10.1. The number of nitrogens with zero attached hydrogens (tertiary/aromatic N) is 2. The fourth-order valence-corrected chi connectivity index (χ4v) is 5.24. The summed E-state index contributed by atoms with van der Waals surface area (Å²) in [6.07, 6.45) is 0.743. The molecule has 3 rings (SSSR count). The van der Waals surface area contributed by atoms with E-state index in [1.807, 2.05) is 44.2 Å². The standard InChI is InChI=1S/C29H35N3O5S/c1-5-22(2)30-29(34)23(3)31(20-24-12-8-6-9-13-24)28(33)21-32(25-14-10-7-11-15-25)38(35,36)27-18-16-26(37-4)17-19-27/h6-19,22-23H,5,20-21H2,1-4H3,(H,30,34)/t22-,23+/m1/s1. The predicted octanol–water partition coefficient (Wildman–Crippen LogP) is 4.22. The highest BCUT2D eigenvalue weighted by Crippen LogP contribution is 2.25. The van der Waals surface area contributed by atoms with Crippen molar-refractivity contribution in [3.05, 3.63) is 90.5 Å². The van der Waals surface area contributed by atoms with Crippen LogP contribution in [-0.4, -0.2) is 50.9 Å². The molecule has 1 N–H and O–H groups in total. The molecule has 0 saturated carbocycles. The molecule has 0 aliphatic rings. The monoisotopic (exact) mass is 537 g/mol. The Morgan fingerprint density at radius 2 is 1.47 bits per heavy atom. The van der Waals surface area contributed by atoms with E-state index in [1.165, 1.54) is 24.1 Å². The maximum absolute atomic E-state index is 13.8. The Morgan fingerprint density at radius 1 is 0.895 bits per heavy atom. The number of anilines is 1. The van der Waals surface area contributed by atoms with E-state index in [0.717, 1.165) is 16.3 Å². The van der Waals surface area contributed by atoms with E-state index < -0.39 is 28.5 Å². The maximum atomic E-state index is 13.8. The average Bonchev–Trinajstić information content (AvgIpc) is 2.94. The molecule has 0 aromatic heterocycles. The summed E-state index contributed by atoms with van der Waals surface area (Å²) in [6, 6.07) is 22.9. The van der Waals surface area contributed by atoms with Gasteiger partial charge in [0.15, 0.2) is 0 Å². The Bertz CT molecular complexity index is 1300. The molecule has 3 aromatic rings. The van der Waals surface area contributed by atoms with Crippen molar-refractivity contribution in [1.82, 2.24) is 10.2 Å². The molecule has 9 heteroatoms. The summed E-state index contributed by atoms with van der Waals surface area (Å²) >= 11 is 0. The number of carbonyl (C=O) groups excluding carboxylic acids is 2. The van der Waals surface area contributed by atoms with Crippen LogP contribution in [-0.2, 0) is 26.2 Å². The normalized spacial score (nSPS) is 12.7. The van der Waals surface area contributed by atoms with Crippen molar-refractivity contribution in [3.63, 3.8) is 0 Å². The number of ether oxygens (including phenoxy) is 1. The molecule has 0 spiro atoms. The summed E-state index contributed by atoms with van der Waals surface area (Å²) in [5.74, 6) is -0.282. The van der Waals surface area contributed by atoms with E-state index in [2.05, 4.69) is 5.32 Å². The van der Waals surface area contributed by atoms with Gasteiger partial charge in [0.05, 0.1) is 17.7 Å². The SMILES string of the molecule is CC[C@@H](C)NC(=O)[C@H](C)N(Cc1ccccc1)C(=O)CN(c1ccccc1)S(=O)(=O)c1ccc(OC)cc1. The van der Waals surface area contributed by atoms with Gasteiger partial charge in [0, 0.05) is 12.6 Å². The second kappa shape index (κ2) is 13.1. The van der Waals surface area contributed by atoms with Gasteiger partial charge in [0.25, 0.3) is 10.0 Å². The van der Waals surface area contributed by atoms with Gasteiger partial charge in [-0.25, -0.2) is 8.42 Å². The number of para-hydroxylation sites is 1. The van der Waals surface area contributed by atoms with Crippen molar-refractivity contribution in [2.24, 2.45) is 0 Å². The lowest BCUT2D eigenvalue weighted by Crippen LogP contribution is -2.52. The molecular formula is C29H35N3O5S. The van der Waals surface area contributed by atoms with Crippen LogP contribution >= 0.6 is 0 Å². The van der Waals surface area contributed by atoms with Crippen LogP contribution in [0.1, 0.15) is 32.8 Å². The molecule has 8 nitrogen and oxygen atoms in total. The molecule has 0 radical (unpaired) electrons. The zero-order valence-electron chi connectivity index (χ0n) is 22.2. The fraction of sp³-hybridized carbons (Fsp3) is 0.310. The zero-order valence-corrected chi connectivity index (χ0v) is 23.0. The molecule has 3 aromatic carbocycles. The van der Waals surface area contributed by atoms with E-state index in [0.29, 0.717) is 11.4 Å². The number of hydrogen-bond acceptors (Lipinski definition) is 5. The van der Waals surface area contributed by atoms with Crippen LogP contribution in [0.2, 0.25) is 0 Å². The molecule has 0 aliphatic heterocycles. The lowest BCUT2D eigenvalue weighted by Gasteiger charge is -2.32. The third-order valence-corrected chi connectivity index (χ3v) is 8.12. The van der Waals surface area contributed by atoms with Crippen LogP contribution in [0, 0.1) is 0 Å². The van der Waals surface area contributed by atoms with Gasteiger partial charge in [-0.1, -0.05) is 55.5 Å². The smallest absolute Gasteiger partial charge is 0.264 e. The number of nitrogens with one attached hydrogen (secondary N) is 1. The first-order chi connectivity index (χ1) is 18.2. The van der Waals surface area contributed by atoms with Crippen molar-refractivity contribution in [3.8, 4) is 5.75 Å². The highest BCUT2D eigenvalue weighted by Gasteiger charge is 2.32. The second-order valence-corrected chi connectivity index (χ2v) is 10.9. The molecule has 0 heterocycles. The van der Waals surface area contributed by atoms with Crippen molar-refractivity contribution < 1.29 is 22.7 Å². The lowest BCUT2D eigenvalue weighted by molar-refractivity contribution is -0.139. The Kier molecular flexibility index (Phi) is 9.90. The van der Waals surface area contributed by atoms with Crippen molar-refractivity contribution in [1.29, 1.82) is 0 Å². The van der Waals surface area contributed by atoms with Crippen LogP contribution in [0.5, 0.6) is 5.75 Å². The molecule has 2 atom stereocenters. The summed E-state index contributed by atoms with van der Waals surface area (Å²) in [4.78, 5) is 28.3. The molecule has 2 amide bonds. The van der Waals surface area contributed by atoms with Gasteiger partial charge in [-0.2, -0.15) is 0 Å². The number of benzene rings is 3. The molecule has 0 fully saturated rings. The van der Waals surface area contributed by atoms with Gasteiger partial charge in [0.2, 0.25) is 11.8 Å². The topological polar surface area (TPSA) is 96.0 Å². The number of amides is 2. The average molecular weight is 538 g/mol. The summed E-state index contributed by atoms with van der Waals surface area (Å²) < 4.78 is 33.8. The first kappa shape index (κ1) is 28.7. The van der Waals surface area contributed by atoms with Crippen LogP contribution in [0.4, 0.5) is 5.69 Å². The molecule has 0 unspecified atom stereocenters. The first-order valence-electron chi connectivity index (χ1n) is 12.5. The van der Waals surface area contributed by atoms with E-state index in [-0.39, 0.29) is 23.4 Å². The van der Waals surface area contributed by atoms with Crippen LogP contribution in [0.25, 0.3) is 0 Å². The third kappa shape index (κ3) is 7.13. The highest BCUT2D eigenvalue weighted by atomic mass is 32.2. The summed E-state index contributed by atoms with van der Waals surface area (Å²) in [5, 5.41) is 2.93. The number of methoxy groups -OCH3 is 1. The molecule has 202 valence electrons. The van der Waals surface area contributed by atoms with Crippen molar-refractivity contribution in [2.75, 3.05) is 18.0 Å². The molecule has 0 aliphatic carbocycles. The first-order valence-corrected chi connectivity index (χ1v) is 14.0. The number of hydrogen-bond donors (Lipinski definition) is 1. The van der Waals surface area contributed by atoms with E-state index in [4.69, 9.17) is 4.74 Å². The van der Waals surface area contributed by atoms with Gasteiger partial charge in [-0.15, -0.1) is 0 Å². The summed E-state index contributed by atoms with van der Waals surface area (Å²) in [6.45, 7) is 5.19. The predicted molar refractivity (Wildman–Crippen MR) is 148 cm³/mol. The van der Waals surface area contributed by atoms with Gasteiger partial charge in [0.1, 0.15) is 18.3 Å². The van der Waals surface area contributed by atoms with Crippen molar-refractivity contribution >= 4 is 27.5 Å². The Balaban J connectivity index is 1.98. The van der Waals surface area contributed by atoms with Crippen LogP contribution in [0.3, 0.4) is 0 Å². The largest absolute Gasteiger partial charge is 0.497 e. The number of rotatable bonds is 12. The Morgan fingerprint density at radius 3 is 2.03 bits per heavy atom. The Labute approximate surface area is 225 Å². The molecule has 38 heavy (non-hydrogen) atoms. The number of sulfonamides is 1. The van der Waals surface area contributed by atoms with Gasteiger partial charge >= 0.3 is 0 Å². The molecular weight excluding hydrogens is 502 g/mol. The number of carbonyl (C=O) groups is 2. The van der Waals surface area contributed by atoms with Crippen LogP contribution in [0.15, 0.2) is 89.8 Å². The molecule has 0 saturated heterocycles. The van der Waals surface area contributed by atoms with Crippen LogP contribution < -0.4 is 14.4 Å². The second-order valence-electron chi connectivity index (χ2n) is 9.02. The summed E-state index contributed by atoms with van der Waals surface area (Å²) in [5.41, 5.74) is 1.17. The molecule has 0 bridgehead atoms. The van der Waals surface area contributed by atoms with E-state index in [9.17, 15) is 18.0 Å². The highest BCUT2D eigenvalue weighted by molar-refractivity contribution is 7.92. The third-order valence-electron chi connectivity index (χ3n) is 6.33. The van der Waals surface area contributed by atoms with Gasteiger partial charge in [-0.05, 0) is 62.2 Å².